The Kier molecular flexibility index (Phi) is 4.16. The van der Waals surface area contributed by atoms with Gasteiger partial charge < -0.3 is 5.11 Å². The van der Waals surface area contributed by atoms with Gasteiger partial charge >= 0.3 is 0 Å². The molecule has 0 fully saturated rings. The van der Waals surface area contributed by atoms with Crippen molar-refractivity contribution >= 4 is 27.3 Å². The Morgan fingerprint density at radius 2 is 2.46 bits per heavy atom. The van der Waals surface area contributed by atoms with Gasteiger partial charge in [0.25, 0.3) is 0 Å². The van der Waals surface area contributed by atoms with E-state index in [2.05, 4.69) is 29.4 Å². The average molecular weight is 261 g/mol. The Labute approximate surface area is 91.2 Å². The van der Waals surface area contributed by atoms with E-state index < -0.39 is 0 Å². The third-order valence-corrected chi connectivity index (χ3v) is 3.69. The zero-order valence-corrected chi connectivity index (χ0v) is 9.99. The van der Waals surface area contributed by atoms with Crippen molar-refractivity contribution < 1.29 is 5.11 Å². The van der Waals surface area contributed by atoms with Crippen LogP contribution in [0.2, 0.25) is 0 Å². The summed E-state index contributed by atoms with van der Waals surface area (Å²) in [4.78, 5) is 1.00. The summed E-state index contributed by atoms with van der Waals surface area (Å²) in [5, 5.41) is 11.7. The van der Waals surface area contributed by atoms with Crippen LogP contribution in [0.3, 0.4) is 0 Å². The topological polar surface area (TPSA) is 20.2 Å². The molecule has 1 atom stereocenters. The van der Waals surface area contributed by atoms with E-state index in [9.17, 15) is 5.11 Å². The fourth-order valence-corrected chi connectivity index (χ4v) is 2.45. The highest BCUT2D eigenvalue weighted by atomic mass is 79.9. The standard InChI is InChI=1S/C10H13BrOS/c1-3-7(2)4-9(12)10-5-8(11)6-13-10/h5-6,9,12H,2-4H2,1H3. The molecule has 13 heavy (non-hydrogen) atoms. The van der Waals surface area contributed by atoms with Gasteiger partial charge in [-0.25, -0.2) is 0 Å². The Bertz CT molecular complexity index is 293. The minimum atomic E-state index is -0.385. The highest BCUT2D eigenvalue weighted by Crippen LogP contribution is 2.29. The third-order valence-electron chi connectivity index (χ3n) is 1.90. The summed E-state index contributed by atoms with van der Waals surface area (Å²) >= 11 is 4.93. The molecule has 0 aromatic carbocycles. The predicted octanol–water partition coefficient (Wildman–Crippen LogP) is 3.90. The van der Waals surface area contributed by atoms with Crippen molar-refractivity contribution in [2.75, 3.05) is 0 Å². The molecule has 1 nitrogen and oxygen atoms in total. The maximum atomic E-state index is 9.76. The van der Waals surface area contributed by atoms with E-state index in [0.717, 1.165) is 21.3 Å². The normalized spacial score (nSPS) is 12.8. The Morgan fingerprint density at radius 1 is 1.77 bits per heavy atom. The molecule has 0 aliphatic heterocycles. The van der Waals surface area contributed by atoms with E-state index in [0.29, 0.717) is 6.42 Å². The van der Waals surface area contributed by atoms with Crippen LogP contribution in [0.1, 0.15) is 30.7 Å². The van der Waals surface area contributed by atoms with Crippen molar-refractivity contribution in [3.8, 4) is 0 Å². The predicted molar refractivity (Wildman–Crippen MR) is 61.0 cm³/mol. The lowest BCUT2D eigenvalue weighted by atomic mass is 10.1. The minimum Gasteiger partial charge on any atom is -0.387 e. The largest absolute Gasteiger partial charge is 0.387 e. The van der Waals surface area contributed by atoms with Gasteiger partial charge in [-0.05, 0) is 34.8 Å². The number of hydrogen-bond acceptors (Lipinski definition) is 2. The summed E-state index contributed by atoms with van der Waals surface area (Å²) in [6.07, 6.45) is 1.22. The summed E-state index contributed by atoms with van der Waals surface area (Å²) in [6.45, 7) is 5.93. The lowest BCUT2D eigenvalue weighted by molar-refractivity contribution is 0.181. The van der Waals surface area contributed by atoms with E-state index in [-0.39, 0.29) is 6.10 Å². The molecule has 3 heteroatoms. The SMILES string of the molecule is C=C(CC)CC(O)c1cc(Br)cs1. The zero-order valence-electron chi connectivity index (χ0n) is 7.59. The summed E-state index contributed by atoms with van der Waals surface area (Å²) in [7, 11) is 0. The zero-order chi connectivity index (χ0) is 9.84. The van der Waals surface area contributed by atoms with Gasteiger partial charge in [-0.1, -0.05) is 19.1 Å². The number of hydrogen-bond donors (Lipinski definition) is 1. The molecule has 1 aromatic rings. The van der Waals surface area contributed by atoms with Crippen molar-refractivity contribution in [1.82, 2.24) is 0 Å². The summed E-state index contributed by atoms with van der Waals surface area (Å²) in [5.41, 5.74) is 1.09. The molecular formula is C10H13BrOS. The third kappa shape index (κ3) is 3.25. The Balaban J connectivity index is 2.58. The number of thiophene rings is 1. The first-order valence-electron chi connectivity index (χ1n) is 4.22. The van der Waals surface area contributed by atoms with Gasteiger partial charge in [0.2, 0.25) is 0 Å². The minimum absolute atomic E-state index is 0.385. The molecule has 0 saturated carbocycles. The van der Waals surface area contributed by atoms with Gasteiger partial charge in [-0.2, -0.15) is 0 Å². The van der Waals surface area contributed by atoms with E-state index in [1.807, 2.05) is 11.4 Å². The smallest absolute Gasteiger partial charge is 0.0919 e. The van der Waals surface area contributed by atoms with Crippen LogP contribution in [0.25, 0.3) is 0 Å². The molecular weight excluding hydrogens is 248 g/mol. The molecule has 1 aromatic heterocycles. The first-order chi connectivity index (χ1) is 6.13. The van der Waals surface area contributed by atoms with Crippen LogP contribution < -0.4 is 0 Å². The summed E-state index contributed by atoms with van der Waals surface area (Å²) < 4.78 is 1.04. The molecule has 0 spiro atoms. The van der Waals surface area contributed by atoms with Crippen LogP contribution >= 0.6 is 27.3 Å². The lowest BCUT2D eigenvalue weighted by Gasteiger charge is -2.08. The second-order valence-electron chi connectivity index (χ2n) is 2.99. The fourth-order valence-electron chi connectivity index (χ4n) is 1.02. The van der Waals surface area contributed by atoms with Crippen molar-refractivity contribution in [3.63, 3.8) is 0 Å². The molecule has 1 N–H and O–H groups in total. The Morgan fingerprint density at radius 3 is 2.92 bits per heavy atom. The highest BCUT2D eigenvalue weighted by molar-refractivity contribution is 9.10. The number of aliphatic hydroxyl groups is 1. The summed E-state index contributed by atoms with van der Waals surface area (Å²) in [6, 6.07) is 1.96. The second-order valence-corrected chi connectivity index (χ2v) is 4.85. The summed E-state index contributed by atoms with van der Waals surface area (Å²) in [5.74, 6) is 0. The van der Waals surface area contributed by atoms with Crippen LogP contribution in [0.15, 0.2) is 28.1 Å². The van der Waals surface area contributed by atoms with Crippen molar-refractivity contribution in [3.05, 3.63) is 32.9 Å². The maximum absolute atomic E-state index is 9.76. The van der Waals surface area contributed by atoms with Gasteiger partial charge in [-0.3, -0.25) is 0 Å². The molecule has 0 aliphatic rings. The highest BCUT2D eigenvalue weighted by Gasteiger charge is 2.10. The Hall–Kier alpha value is -0.120. The molecule has 0 aliphatic carbocycles. The van der Waals surface area contributed by atoms with Gasteiger partial charge in [0.15, 0.2) is 0 Å². The second kappa shape index (κ2) is 4.94. The number of halogens is 1. The molecule has 1 unspecified atom stereocenters. The van der Waals surface area contributed by atoms with Gasteiger partial charge in [0.05, 0.1) is 6.10 Å². The molecule has 1 rings (SSSR count). The van der Waals surface area contributed by atoms with Crippen molar-refractivity contribution in [2.24, 2.45) is 0 Å². The van der Waals surface area contributed by atoms with Crippen molar-refractivity contribution in [1.29, 1.82) is 0 Å². The van der Waals surface area contributed by atoms with Crippen LogP contribution in [0, 0.1) is 0 Å². The van der Waals surface area contributed by atoms with E-state index in [1.165, 1.54) is 0 Å². The monoisotopic (exact) mass is 260 g/mol. The lowest BCUT2D eigenvalue weighted by Crippen LogP contribution is -1.95. The van der Waals surface area contributed by atoms with E-state index >= 15 is 0 Å². The quantitative estimate of drug-likeness (QED) is 0.815. The van der Waals surface area contributed by atoms with E-state index in [4.69, 9.17) is 0 Å². The first-order valence-corrected chi connectivity index (χ1v) is 5.89. The number of rotatable bonds is 4. The average Bonchev–Trinajstić information content (AvgIpc) is 2.51. The maximum Gasteiger partial charge on any atom is 0.0919 e. The van der Waals surface area contributed by atoms with Gasteiger partial charge in [-0.15, -0.1) is 11.3 Å². The molecule has 0 bridgehead atoms. The van der Waals surface area contributed by atoms with Crippen LogP contribution in [-0.4, -0.2) is 5.11 Å². The molecule has 72 valence electrons. The number of aliphatic hydroxyl groups excluding tert-OH is 1. The van der Waals surface area contributed by atoms with Crippen LogP contribution in [0.5, 0.6) is 0 Å². The fraction of sp³-hybridized carbons (Fsp3) is 0.400. The molecule has 0 saturated heterocycles. The van der Waals surface area contributed by atoms with Gasteiger partial charge in [0, 0.05) is 14.7 Å². The molecule has 0 amide bonds. The molecule has 0 radical (unpaired) electrons. The van der Waals surface area contributed by atoms with Gasteiger partial charge in [0.1, 0.15) is 0 Å². The molecule has 1 heterocycles. The van der Waals surface area contributed by atoms with Crippen LogP contribution in [-0.2, 0) is 0 Å². The van der Waals surface area contributed by atoms with Crippen LogP contribution in [0.4, 0.5) is 0 Å². The van der Waals surface area contributed by atoms with Crippen molar-refractivity contribution in [2.45, 2.75) is 25.9 Å². The van der Waals surface area contributed by atoms with E-state index in [1.54, 1.807) is 11.3 Å². The first kappa shape index (κ1) is 11.0.